The topological polar surface area (TPSA) is 75.8 Å². The first kappa shape index (κ1) is 15.1. The van der Waals surface area contributed by atoms with E-state index < -0.39 is 6.03 Å². The van der Waals surface area contributed by atoms with Gasteiger partial charge in [-0.15, -0.1) is 11.3 Å². The minimum absolute atomic E-state index is 0.250. The lowest BCUT2D eigenvalue weighted by Crippen LogP contribution is -2.34. The Morgan fingerprint density at radius 3 is 2.82 bits per heavy atom. The highest BCUT2D eigenvalue weighted by atomic mass is 35.5. The van der Waals surface area contributed by atoms with Crippen molar-refractivity contribution in [1.82, 2.24) is 5.06 Å². The largest absolute Gasteiger partial charge is 0.456 e. The molecule has 22 heavy (non-hydrogen) atoms. The average Bonchev–Trinajstić information content (AvgIpc) is 3.09. The number of halogens is 1. The summed E-state index contributed by atoms with van der Waals surface area (Å²) < 4.78 is 5.76. The Hall–Kier alpha value is -1.76. The number of hydrogen-bond acceptors (Lipinski definition) is 4. The van der Waals surface area contributed by atoms with E-state index in [0.717, 1.165) is 17.9 Å². The molecule has 2 amide bonds. The number of nitrogens with zero attached hydrogens (tertiary/aromatic N) is 1. The van der Waals surface area contributed by atoms with Gasteiger partial charge in [-0.05, 0) is 48.6 Å². The SMILES string of the molecule is NC(=O)N(O)CC1CC1c1cc(Oc2ccc(Cl)cc2)cs1. The van der Waals surface area contributed by atoms with Gasteiger partial charge in [0.15, 0.2) is 0 Å². The molecule has 1 fully saturated rings. The highest BCUT2D eigenvalue weighted by Gasteiger charge is 2.41. The van der Waals surface area contributed by atoms with E-state index in [4.69, 9.17) is 22.1 Å². The van der Waals surface area contributed by atoms with Gasteiger partial charge in [0.1, 0.15) is 11.5 Å². The molecule has 3 N–H and O–H groups in total. The van der Waals surface area contributed by atoms with Crippen LogP contribution in [-0.2, 0) is 0 Å². The summed E-state index contributed by atoms with van der Waals surface area (Å²) in [4.78, 5) is 12.0. The van der Waals surface area contributed by atoms with Gasteiger partial charge in [0, 0.05) is 15.3 Å². The molecule has 3 rings (SSSR count). The van der Waals surface area contributed by atoms with Crippen LogP contribution in [0.5, 0.6) is 11.5 Å². The van der Waals surface area contributed by atoms with Gasteiger partial charge in [0.05, 0.1) is 6.54 Å². The zero-order chi connectivity index (χ0) is 15.7. The fraction of sp³-hybridized carbons (Fsp3) is 0.267. The first-order chi connectivity index (χ1) is 10.5. The molecule has 7 heteroatoms. The van der Waals surface area contributed by atoms with Crippen LogP contribution in [0.1, 0.15) is 17.2 Å². The van der Waals surface area contributed by atoms with Crippen LogP contribution < -0.4 is 10.5 Å². The second-order valence-electron chi connectivity index (χ2n) is 5.26. The van der Waals surface area contributed by atoms with Crippen molar-refractivity contribution >= 4 is 29.0 Å². The molecule has 2 atom stereocenters. The molecule has 1 aliphatic rings. The van der Waals surface area contributed by atoms with Crippen molar-refractivity contribution in [2.75, 3.05) is 6.54 Å². The molecule has 1 saturated carbocycles. The Morgan fingerprint density at radius 2 is 2.14 bits per heavy atom. The average molecular weight is 339 g/mol. The number of carbonyl (C=O) groups is 1. The summed E-state index contributed by atoms with van der Waals surface area (Å²) in [7, 11) is 0. The van der Waals surface area contributed by atoms with Crippen molar-refractivity contribution in [1.29, 1.82) is 0 Å². The number of rotatable bonds is 5. The molecule has 1 heterocycles. The number of primary amides is 1. The van der Waals surface area contributed by atoms with E-state index in [2.05, 4.69) is 0 Å². The van der Waals surface area contributed by atoms with Crippen molar-refractivity contribution in [3.63, 3.8) is 0 Å². The number of hydroxylamine groups is 2. The molecule has 0 spiro atoms. The molecular weight excluding hydrogens is 324 g/mol. The summed E-state index contributed by atoms with van der Waals surface area (Å²) in [5.41, 5.74) is 5.01. The predicted octanol–water partition coefficient (Wildman–Crippen LogP) is 4.07. The molecule has 1 aliphatic carbocycles. The summed E-state index contributed by atoms with van der Waals surface area (Å²) >= 11 is 7.45. The quantitative estimate of drug-likeness (QED) is 0.637. The number of urea groups is 1. The van der Waals surface area contributed by atoms with Crippen molar-refractivity contribution in [3.05, 3.63) is 45.6 Å². The summed E-state index contributed by atoms with van der Waals surface area (Å²) in [6, 6.07) is 8.37. The molecular formula is C15H15ClN2O3S. The minimum Gasteiger partial charge on any atom is -0.456 e. The molecule has 2 aromatic rings. The Kier molecular flexibility index (Phi) is 4.24. The van der Waals surface area contributed by atoms with Crippen LogP contribution in [0.3, 0.4) is 0 Å². The monoisotopic (exact) mass is 338 g/mol. The number of nitrogens with two attached hydrogens (primary N) is 1. The normalized spacial score (nSPS) is 19.7. The maximum Gasteiger partial charge on any atom is 0.338 e. The van der Waals surface area contributed by atoms with Crippen molar-refractivity contribution in [2.45, 2.75) is 12.3 Å². The van der Waals surface area contributed by atoms with Crippen LogP contribution in [0.25, 0.3) is 0 Å². The minimum atomic E-state index is -0.816. The second kappa shape index (κ2) is 6.16. The van der Waals surface area contributed by atoms with E-state index in [-0.39, 0.29) is 12.5 Å². The lowest BCUT2D eigenvalue weighted by atomic mass is 10.2. The third-order valence-corrected chi connectivity index (χ3v) is 4.89. The van der Waals surface area contributed by atoms with Gasteiger partial charge in [-0.2, -0.15) is 0 Å². The van der Waals surface area contributed by atoms with E-state index in [1.807, 2.05) is 23.6 Å². The Balaban J connectivity index is 1.58. The highest BCUT2D eigenvalue weighted by molar-refractivity contribution is 7.10. The van der Waals surface area contributed by atoms with Crippen LogP contribution in [-0.4, -0.2) is 22.8 Å². The zero-order valence-electron chi connectivity index (χ0n) is 11.6. The van der Waals surface area contributed by atoms with Gasteiger partial charge in [-0.1, -0.05) is 11.6 Å². The van der Waals surface area contributed by atoms with Crippen LogP contribution in [0.4, 0.5) is 4.79 Å². The first-order valence-corrected chi connectivity index (χ1v) is 8.06. The number of hydrogen-bond donors (Lipinski definition) is 2. The molecule has 1 aromatic carbocycles. The number of carbonyl (C=O) groups excluding carboxylic acids is 1. The van der Waals surface area contributed by atoms with Crippen LogP contribution in [0.2, 0.25) is 5.02 Å². The molecule has 0 bridgehead atoms. The standard InChI is InChI=1S/C15H15ClN2O3S/c16-10-1-3-11(4-2-10)21-12-6-14(22-8-12)13-5-9(13)7-18(20)15(17)19/h1-4,6,8-9,13,20H,5,7H2,(H2,17,19). The van der Waals surface area contributed by atoms with Gasteiger partial charge < -0.3 is 10.5 Å². The Bertz CT molecular complexity index is 674. The number of amides is 2. The number of ether oxygens (including phenoxy) is 1. The van der Waals surface area contributed by atoms with Crippen LogP contribution in [0.15, 0.2) is 35.7 Å². The lowest BCUT2D eigenvalue weighted by Gasteiger charge is -2.10. The van der Waals surface area contributed by atoms with E-state index in [1.165, 1.54) is 4.88 Å². The van der Waals surface area contributed by atoms with E-state index in [0.29, 0.717) is 16.0 Å². The van der Waals surface area contributed by atoms with E-state index in [9.17, 15) is 10.0 Å². The predicted molar refractivity (Wildman–Crippen MR) is 84.8 cm³/mol. The van der Waals surface area contributed by atoms with E-state index >= 15 is 0 Å². The molecule has 1 aromatic heterocycles. The lowest BCUT2D eigenvalue weighted by molar-refractivity contribution is -0.0431. The molecule has 0 saturated heterocycles. The maximum atomic E-state index is 10.8. The summed E-state index contributed by atoms with van der Waals surface area (Å²) in [6.07, 6.45) is 0.936. The molecule has 0 radical (unpaired) electrons. The molecule has 2 unspecified atom stereocenters. The number of benzene rings is 1. The summed E-state index contributed by atoms with van der Waals surface area (Å²) in [5.74, 6) is 2.11. The Morgan fingerprint density at radius 1 is 1.41 bits per heavy atom. The van der Waals surface area contributed by atoms with Crippen molar-refractivity contribution < 1.29 is 14.7 Å². The molecule has 5 nitrogen and oxygen atoms in total. The number of thiophene rings is 1. The Labute approximate surface area is 136 Å². The van der Waals surface area contributed by atoms with Crippen molar-refractivity contribution in [2.24, 2.45) is 11.7 Å². The second-order valence-corrected chi connectivity index (χ2v) is 6.64. The highest BCUT2D eigenvalue weighted by Crippen LogP contribution is 2.50. The van der Waals surface area contributed by atoms with E-state index in [1.54, 1.807) is 23.5 Å². The van der Waals surface area contributed by atoms with Crippen LogP contribution >= 0.6 is 22.9 Å². The molecule has 116 valence electrons. The van der Waals surface area contributed by atoms with Gasteiger partial charge in [0.2, 0.25) is 0 Å². The first-order valence-electron chi connectivity index (χ1n) is 6.80. The molecule has 0 aliphatic heterocycles. The van der Waals surface area contributed by atoms with Gasteiger partial charge >= 0.3 is 6.03 Å². The summed E-state index contributed by atoms with van der Waals surface area (Å²) in [5, 5.41) is 12.5. The van der Waals surface area contributed by atoms with Gasteiger partial charge in [-0.3, -0.25) is 5.21 Å². The maximum absolute atomic E-state index is 10.8. The summed E-state index contributed by atoms with van der Waals surface area (Å²) in [6.45, 7) is 0.269. The van der Waals surface area contributed by atoms with Gasteiger partial charge in [0.25, 0.3) is 0 Å². The van der Waals surface area contributed by atoms with Gasteiger partial charge in [-0.25, -0.2) is 9.86 Å². The fourth-order valence-electron chi connectivity index (χ4n) is 2.33. The van der Waals surface area contributed by atoms with Crippen LogP contribution in [0, 0.1) is 5.92 Å². The smallest absolute Gasteiger partial charge is 0.338 e. The third kappa shape index (κ3) is 3.52. The zero-order valence-corrected chi connectivity index (χ0v) is 13.2. The van der Waals surface area contributed by atoms with Crippen molar-refractivity contribution in [3.8, 4) is 11.5 Å². The fourth-order valence-corrected chi connectivity index (χ4v) is 3.47. The third-order valence-electron chi connectivity index (χ3n) is 3.59.